The molecule has 0 radical (unpaired) electrons. The van der Waals surface area contributed by atoms with E-state index in [2.05, 4.69) is 31.0 Å². The summed E-state index contributed by atoms with van der Waals surface area (Å²) in [6.07, 6.45) is 8.16. The van der Waals surface area contributed by atoms with E-state index < -0.39 is 0 Å². The smallest absolute Gasteiger partial charge is 0.205 e. The second-order valence-corrected chi connectivity index (χ2v) is 9.00. The van der Waals surface area contributed by atoms with Crippen LogP contribution in [0.5, 0.6) is 0 Å². The van der Waals surface area contributed by atoms with Crippen molar-refractivity contribution in [2.45, 2.75) is 83.6 Å². The summed E-state index contributed by atoms with van der Waals surface area (Å²) in [5.41, 5.74) is 0.0269. The Morgan fingerprint density at radius 1 is 1.24 bits per heavy atom. The molecule has 0 aliphatic heterocycles. The SMILES string of the molecule is CC(C)(C)Nc1nn(CN(C2CCCC2)C2CC2)c(=S)s1. The van der Waals surface area contributed by atoms with E-state index >= 15 is 0 Å². The molecule has 0 bridgehead atoms. The number of anilines is 1. The molecule has 1 heterocycles. The van der Waals surface area contributed by atoms with Crippen LogP contribution in [0.25, 0.3) is 0 Å². The van der Waals surface area contributed by atoms with Crippen molar-refractivity contribution in [2.24, 2.45) is 0 Å². The van der Waals surface area contributed by atoms with Crippen LogP contribution in [0.15, 0.2) is 0 Å². The molecule has 3 rings (SSSR count). The number of nitrogens with zero attached hydrogens (tertiary/aromatic N) is 3. The Morgan fingerprint density at radius 2 is 1.86 bits per heavy atom. The van der Waals surface area contributed by atoms with Gasteiger partial charge in [-0.1, -0.05) is 24.2 Å². The fourth-order valence-corrected chi connectivity index (χ4v) is 4.29. The Hall–Kier alpha value is -0.460. The second kappa shape index (κ2) is 5.97. The molecule has 1 N–H and O–H groups in total. The van der Waals surface area contributed by atoms with E-state index in [4.69, 9.17) is 17.3 Å². The Kier molecular flexibility index (Phi) is 4.39. The predicted molar refractivity (Wildman–Crippen MR) is 91.4 cm³/mol. The first-order valence-electron chi connectivity index (χ1n) is 8.04. The molecule has 2 aliphatic carbocycles. The van der Waals surface area contributed by atoms with Gasteiger partial charge in [-0.2, -0.15) is 0 Å². The maximum atomic E-state index is 5.51. The standard InChI is InChI=1S/C15H26N4S2/c1-15(2,3)16-13-17-19(14(20)21-13)10-18(12-8-9-12)11-6-4-5-7-11/h11-12H,4-10H2,1-3H3,(H,16,17). The van der Waals surface area contributed by atoms with Gasteiger partial charge in [0.2, 0.25) is 5.13 Å². The van der Waals surface area contributed by atoms with Crippen LogP contribution in [0.4, 0.5) is 5.13 Å². The quantitative estimate of drug-likeness (QED) is 0.820. The zero-order valence-electron chi connectivity index (χ0n) is 13.3. The molecular formula is C15H26N4S2. The number of rotatable bonds is 5. The van der Waals surface area contributed by atoms with Crippen molar-refractivity contribution in [2.75, 3.05) is 5.32 Å². The van der Waals surface area contributed by atoms with Crippen molar-refractivity contribution in [3.05, 3.63) is 3.95 Å². The van der Waals surface area contributed by atoms with E-state index in [0.717, 1.165) is 27.8 Å². The van der Waals surface area contributed by atoms with Crippen molar-refractivity contribution in [1.29, 1.82) is 0 Å². The molecule has 4 nitrogen and oxygen atoms in total. The molecular weight excluding hydrogens is 300 g/mol. The van der Waals surface area contributed by atoms with Crippen LogP contribution in [0, 0.1) is 3.95 Å². The third-order valence-corrected chi connectivity index (χ3v) is 5.42. The van der Waals surface area contributed by atoms with Crippen LogP contribution in [-0.2, 0) is 6.67 Å². The maximum Gasteiger partial charge on any atom is 0.205 e. The minimum absolute atomic E-state index is 0.0269. The molecule has 6 heteroatoms. The predicted octanol–water partition coefficient (Wildman–Crippen LogP) is 4.25. The first-order valence-corrected chi connectivity index (χ1v) is 9.27. The Morgan fingerprint density at radius 3 is 2.43 bits per heavy atom. The lowest BCUT2D eigenvalue weighted by Gasteiger charge is -2.28. The molecule has 0 unspecified atom stereocenters. The molecule has 118 valence electrons. The van der Waals surface area contributed by atoms with Gasteiger partial charge in [-0.05, 0) is 58.7 Å². The van der Waals surface area contributed by atoms with E-state index in [9.17, 15) is 0 Å². The van der Waals surface area contributed by atoms with Gasteiger partial charge in [-0.15, -0.1) is 5.10 Å². The van der Waals surface area contributed by atoms with Crippen LogP contribution in [0.2, 0.25) is 0 Å². The van der Waals surface area contributed by atoms with Gasteiger partial charge >= 0.3 is 0 Å². The van der Waals surface area contributed by atoms with Crippen LogP contribution in [0.1, 0.15) is 59.3 Å². The molecule has 0 amide bonds. The number of nitrogens with one attached hydrogen (secondary N) is 1. The molecule has 0 aromatic carbocycles. The van der Waals surface area contributed by atoms with Gasteiger partial charge in [-0.25, -0.2) is 4.68 Å². The highest BCUT2D eigenvalue weighted by Gasteiger charge is 2.35. The molecule has 0 atom stereocenters. The average molecular weight is 327 g/mol. The Bertz CT molecular complexity index is 533. The highest BCUT2D eigenvalue weighted by molar-refractivity contribution is 7.73. The molecule has 2 fully saturated rings. The van der Waals surface area contributed by atoms with Crippen LogP contribution < -0.4 is 5.32 Å². The van der Waals surface area contributed by atoms with E-state index in [1.807, 2.05) is 4.68 Å². The van der Waals surface area contributed by atoms with Gasteiger partial charge in [0.1, 0.15) is 0 Å². The third-order valence-electron chi connectivity index (χ3n) is 4.20. The maximum absolute atomic E-state index is 5.51. The van der Waals surface area contributed by atoms with Gasteiger partial charge in [0, 0.05) is 17.6 Å². The van der Waals surface area contributed by atoms with Gasteiger partial charge in [-0.3, -0.25) is 4.90 Å². The summed E-state index contributed by atoms with van der Waals surface area (Å²) in [6, 6.07) is 1.52. The van der Waals surface area contributed by atoms with Crippen molar-refractivity contribution in [3.8, 4) is 0 Å². The zero-order valence-corrected chi connectivity index (χ0v) is 14.9. The molecule has 1 aromatic rings. The summed E-state index contributed by atoms with van der Waals surface area (Å²) in [7, 11) is 0. The summed E-state index contributed by atoms with van der Waals surface area (Å²) in [5.74, 6) is 0. The highest BCUT2D eigenvalue weighted by Crippen LogP contribution is 2.35. The summed E-state index contributed by atoms with van der Waals surface area (Å²) in [4.78, 5) is 2.66. The van der Waals surface area contributed by atoms with Gasteiger partial charge in [0.15, 0.2) is 3.95 Å². The lowest BCUT2D eigenvalue weighted by Crippen LogP contribution is -2.37. The van der Waals surface area contributed by atoms with E-state index in [1.54, 1.807) is 11.3 Å². The molecule has 0 spiro atoms. The minimum atomic E-state index is 0.0269. The highest BCUT2D eigenvalue weighted by atomic mass is 32.1. The van der Waals surface area contributed by atoms with Crippen LogP contribution in [-0.4, -0.2) is 32.3 Å². The third kappa shape index (κ3) is 4.05. The molecule has 21 heavy (non-hydrogen) atoms. The summed E-state index contributed by atoms with van der Waals surface area (Å²) in [5, 5.41) is 9.07. The van der Waals surface area contributed by atoms with Crippen molar-refractivity contribution >= 4 is 28.7 Å². The van der Waals surface area contributed by atoms with Crippen molar-refractivity contribution in [1.82, 2.24) is 14.7 Å². The first kappa shape index (κ1) is 15.4. The fraction of sp³-hybridized carbons (Fsp3) is 0.867. The summed E-state index contributed by atoms with van der Waals surface area (Å²) >= 11 is 7.10. The Labute approximate surface area is 136 Å². The number of hydrogen-bond donors (Lipinski definition) is 1. The topological polar surface area (TPSA) is 33.1 Å². The van der Waals surface area contributed by atoms with Crippen molar-refractivity contribution < 1.29 is 0 Å². The largest absolute Gasteiger partial charge is 0.356 e. The average Bonchev–Trinajstić information content (AvgIpc) is 2.94. The van der Waals surface area contributed by atoms with E-state index in [1.165, 1.54) is 38.5 Å². The van der Waals surface area contributed by atoms with Crippen LogP contribution >= 0.6 is 23.6 Å². The second-order valence-electron chi connectivity index (χ2n) is 7.37. The number of aromatic nitrogens is 2. The normalized spacial score (nSPS) is 20.4. The fourth-order valence-electron chi connectivity index (χ4n) is 3.09. The molecule has 2 aliphatic rings. The van der Waals surface area contributed by atoms with Gasteiger partial charge in [0.25, 0.3) is 0 Å². The van der Waals surface area contributed by atoms with Gasteiger partial charge in [0.05, 0.1) is 6.67 Å². The molecule has 2 saturated carbocycles. The zero-order chi connectivity index (χ0) is 15.0. The van der Waals surface area contributed by atoms with Crippen LogP contribution in [0.3, 0.4) is 0 Å². The lowest BCUT2D eigenvalue weighted by atomic mass is 10.1. The Balaban J connectivity index is 1.72. The minimum Gasteiger partial charge on any atom is -0.356 e. The summed E-state index contributed by atoms with van der Waals surface area (Å²) in [6.45, 7) is 7.32. The first-order chi connectivity index (χ1) is 9.92. The monoisotopic (exact) mass is 326 g/mol. The van der Waals surface area contributed by atoms with E-state index in [-0.39, 0.29) is 5.54 Å². The van der Waals surface area contributed by atoms with E-state index in [0.29, 0.717) is 0 Å². The lowest BCUT2D eigenvalue weighted by molar-refractivity contribution is 0.135. The van der Waals surface area contributed by atoms with Crippen molar-refractivity contribution in [3.63, 3.8) is 0 Å². The molecule has 0 saturated heterocycles. The summed E-state index contributed by atoms with van der Waals surface area (Å²) < 4.78 is 2.90. The molecule has 1 aromatic heterocycles. The number of hydrogen-bond acceptors (Lipinski definition) is 5. The van der Waals surface area contributed by atoms with Gasteiger partial charge < -0.3 is 5.32 Å².